The van der Waals surface area contributed by atoms with Crippen LogP contribution in [0.2, 0.25) is 0 Å². The number of nitrogens with one attached hydrogen (secondary N) is 1. The molecule has 0 saturated carbocycles. The van der Waals surface area contributed by atoms with Crippen molar-refractivity contribution in [2.45, 2.75) is 20.5 Å². The van der Waals surface area contributed by atoms with Crippen molar-refractivity contribution >= 4 is 17.4 Å². The summed E-state index contributed by atoms with van der Waals surface area (Å²) in [6.07, 6.45) is 7.65. The van der Waals surface area contributed by atoms with E-state index in [0.29, 0.717) is 11.6 Å². The van der Waals surface area contributed by atoms with Crippen LogP contribution in [0.3, 0.4) is 0 Å². The highest BCUT2D eigenvalue weighted by Gasteiger charge is 2.14. The average Bonchev–Trinajstić information content (AvgIpc) is 3.12. The molecule has 0 bridgehead atoms. The zero-order valence-corrected chi connectivity index (χ0v) is 14.2. The number of hydrogen-bond acceptors (Lipinski definition) is 5. The third-order valence-corrected chi connectivity index (χ3v) is 3.43. The number of amides is 2. The number of carbonyl (C=O) groups is 1. The lowest BCUT2D eigenvalue weighted by molar-refractivity contribution is 0.246. The van der Waals surface area contributed by atoms with E-state index in [0.717, 1.165) is 16.3 Å². The number of benzene rings is 1. The van der Waals surface area contributed by atoms with Gasteiger partial charge >= 0.3 is 6.03 Å². The van der Waals surface area contributed by atoms with Crippen molar-refractivity contribution in [2.75, 3.05) is 5.01 Å². The topological polar surface area (TPSA) is 111 Å². The molecule has 132 valence electrons. The molecule has 0 fully saturated rings. The zero-order valence-electron chi connectivity index (χ0n) is 14.2. The second kappa shape index (κ2) is 8.67. The van der Waals surface area contributed by atoms with Crippen LogP contribution in [0.15, 0.2) is 54.8 Å². The van der Waals surface area contributed by atoms with Crippen molar-refractivity contribution in [1.29, 1.82) is 0 Å². The Bertz CT molecular complexity index is 781. The normalized spacial score (nSPS) is 11.6. The lowest BCUT2D eigenvalue weighted by Crippen LogP contribution is -2.48. The number of para-hydroxylation sites is 1. The van der Waals surface area contributed by atoms with Crippen LogP contribution in [-0.2, 0) is 6.61 Å². The van der Waals surface area contributed by atoms with Gasteiger partial charge in [-0.15, -0.1) is 5.10 Å². The molecule has 0 unspecified atom stereocenters. The van der Waals surface area contributed by atoms with E-state index in [4.69, 9.17) is 16.4 Å². The summed E-state index contributed by atoms with van der Waals surface area (Å²) in [5, 5.41) is 5.30. The molecular formula is C17H22N6O2. The molecule has 25 heavy (non-hydrogen) atoms. The second-order valence-electron chi connectivity index (χ2n) is 5.05. The van der Waals surface area contributed by atoms with Gasteiger partial charge in [0.05, 0.1) is 11.4 Å². The number of nitrogens with two attached hydrogens (primary N) is 2. The van der Waals surface area contributed by atoms with Crippen LogP contribution < -0.4 is 26.9 Å². The van der Waals surface area contributed by atoms with Crippen LogP contribution in [0, 0.1) is 0 Å². The first kappa shape index (κ1) is 18.2. The molecule has 0 saturated heterocycles. The molecule has 1 aromatic heterocycles. The molecular weight excluding hydrogens is 320 g/mol. The minimum atomic E-state index is -0.624. The van der Waals surface area contributed by atoms with Crippen molar-refractivity contribution in [3.05, 3.63) is 60.3 Å². The Balaban J connectivity index is 2.12. The fraction of sp³-hybridized carbons (Fsp3) is 0.176. The predicted octanol–water partition coefficient (Wildman–Crippen LogP) is 2.16. The highest BCUT2D eigenvalue weighted by Crippen LogP contribution is 2.20. The molecule has 0 spiro atoms. The van der Waals surface area contributed by atoms with Gasteiger partial charge in [-0.05, 0) is 26.0 Å². The van der Waals surface area contributed by atoms with Gasteiger partial charge in [-0.3, -0.25) is 5.43 Å². The van der Waals surface area contributed by atoms with Crippen LogP contribution in [0.1, 0.15) is 19.4 Å². The van der Waals surface area contributed by atoms with Crippen LogP contribution in [0.4, 0.5) is 10.5 Å². The summed E-state index contributed by atoms with van der Waals surface area (Å²) in [5.74, 6) is 11.3. The fourth-order valence-electron chi connectivity index (χ4n) is 2.20. The summed E-state index contributed by atoms with van der Waals surface area (Å²) in [4.78, 5) is 11.6. The minimum Gasteiger partial charge on any atom is -0.472 e. The molecule has 8 heteroatoms. The minimum absolute atomic E-state index is 0.202. The van der Waals surface area contributed by atoms with E-state index in [9.17, 15) is 4.79 Å². The van der Waals surface area contributed by atoms with Gasteiger partial charge in [0.15, 0.2) is 0 Å². The predicted molar refractivity (Wildman–Crippen MR) is 97.1 cm³/mol. The number of nitrogens with zero attached hydrogens (tertiary/aromatic N) is 3. The highest BCUT2D eigenvalue weighted by atomic mass is 16.5. The van der Waals surface area contributed by atoms with E-state index in [-0.39, 0.29) is 6.61 Å². The van der Waals surface area contributed by atoms with Crippen LogP contribution in [-0.4, -0.2) is 15.8 Å². The molecule has 0 aliphatic carbocycles. The summed E-state index contributed by atoms with van der Waals surface area (Å²) in [7, 11) is 0. The number of hydrazine groups is 2. The third kappa shape index (κ3) is 4.46. The molecule has 2 aromatic rings. The maximum atomic E-state index is 11.6. The first-order chi connectivity index (χ1) is 12.1. The first-order valence-corrected chi connectivity index (χ1v) is 7.71. The molecule has 2 amide bonds. The zero-order chi connectivity index (χ0) is 18.2. The SMILES string of the molecule is C/C=C\C(=C/C)n1ccc(OCc2ccccc2N(N)C(=O)NN)n1. The average molecular weight is 342 g/mol. The van der Waals surface area contributed by atoms with E-state index in [1.165, 1.54) is 0 Å². The van der Waals surface area contributed by atoms with Gasteiger partial charge in [-0.2, -0.15) is 0 Å². The van der Waals surface area contributed by atoms with Crippen molar-refractivity contribution in [3.8, 4) is 5.88 Å². The van der Waals surface area contributed by atoms with Crippen LogP contribution in [0.5, 0.6) is 5.88 Å². The molecule has 1 aromatic carbocycles. The third-order valence-electron chi connectivity index (χ3n) is 3.43. The van der Waals surface area contributed by atoms with Crippen LogP contribution in [0.25, 0.3) is 5.70 Å². The number of aromatic nitrogens is 2. The lowest BCUT2D eigenvalue weighted by atomic mass is 10.2. The standard InChI is InChI=1S/C17H22N6O2/c1-3-7-14(4-2)22-11-10-16(21-22)25-12-13-8-5-6-9-15(13)23(19)17(24)20-18/h3-11H,12,18-19H2,1-2H3,(H,20,24)/b7-3-,14-4+. The Morgan fingerprint density at radius 2 is 2.12 bits per heavy atom. The van der Waals surface area contributed by atoms with Gasteiger partial charge < -0.3 is 4.74 Å². The van der Waals surface area contributed by atoms with E-state index in [2.05, 4.69) is 5.10 Å². The van der Waals surface area contributed by atoms with E-state index in [1.807, 2.05) is 55.8 Å². The lowest BCUT2D eigenvalue weighted by Gasteiger charge is -2.19. The van der Waals surface area contributed by atoms with Crippen molar-refractivity contribution in [1.82, 2.24) is 15.2 Å². The molecule has 2 rings (SSSR count). The smallest absolute Gasteiger partial charge is 0.350 e. The summed E-state index contributed by atoms with van der Waals surface area (Å²) in [5.41, 5.74) is 4.15. The number of allylic oxidation sites excluding steroid dienone is 4. The molecule has 0 radical (unpaired) electrons. The Morgan fingerprint density at radius 3 is 2.80 bits per heavy atom. The Kier molecular flexibility index (Phi) is 6.33. The largest absolute Gasteiger partial charge is 0.472 e. The van der Waals surface area contributed by atoms with Gasteiger partial charge in [0, 0.05) is 17.8 Å². The summed E-state index contributed by atoms with van der Waals surface area (Å²) in [6.45, 7) is 4.08. The van der Waals surface area contributed by atoms with E-state index >= 15 is 0 Å². The molecule has 0 aliphatic heterocycles. The van der Waals surface area contributed by atoms with Gasteiger partial charge in [0.1, 0.15) is 6.61 Å². The van der Waals surface area contributed by atoms with Crippen LogP contribution >= 0.6 is 0 Å². The van der Waals surface area contributed by atoms with Gasteiger partial charge in [0.2, 0.25) is 5.88 Å². The number of ether oxygens (including phenoxy) is 1. The molecule has 0 atom stereocenters. The van der Waals surface area contributed by atoms with E-state index < -0.39 is 6.03 Å². The summed E-state index contributed by atoms with van der Waals surface area (Å²) in [6, 6.07) is 8.26. The monoisotopic (exact) mass is 342 g/mol. The Morgan fingerprint density at radius 1 is 1.36 bits per heavy atom. The molecule has 0 aliphatic rings. The maximum Gasteiger partial charge on any atom is 0.350 e. The van der Waals surface area contributed by atoms with Gasteiger partial charge in [0.25, 0.3) is 0 Å². The van der Waals surface area contributed by atoms with E-state index in [1.54, 1.807) is 22.9 Å². The fourth-order valence-corrected chi connectivity index (χ4v) is 2.20. The second-order valence-corrected chi connectivity index (χ2v) is 5.05. The first-order valence-electron chi connectivity index (χ1n) is 7.71. The van der Waals surface area contributed by atoms with Crippen molar-refractivity contribution in [2.24, 2.45) is 11.7 Å². The number of anilines is 1. The number of rotatable bonds is 6. The van der Waals surface area contributed by atoms with Gasteiger partial charge in [-0.25, -0.2) is 26.2 Å². The summed E-state index contributed by atoms with van der Waals surface area (Å²) >= 11 is 0. The Labute approximate surface area is 146 Å². The Hall–Kier alpha value is -3.10. The maximum absolute atomic E-state index is 11.6. The number of carbonyl (C=O) groups excluding carboxylic acids is 1. The molecule has 5 N–H and O–H groups in total. The molecule has 1 heterocycles. The van der Waals surface area contributed by atoms with Crippen molar-refractivity contribution < 1.29 is 9.53 Å². The highest BCUT2D eigenvalue weighted by molar-refractivity contribution is 5.91. The molecule has 8 nitrogen and oxygen atoms in total. The van der Waals surface area contributed by atoms with Crippen molar-refractivity contribution in [3.63, 3.8) is 0 Å². The number of urea groups is 1. The van der Waals surface area contributed by atoms with Gasteiger partial charge in [-0.1, -0.05) is 30.4 Å². The summed E-state index contributed by atoms with van der Waals surface area (Å²) < 4.78 is 7.44. The quantitative estimate of drug-likeness (QED) is 0.322. The number of hydrogen-bond donors (Lipinski definition) is 3.